The van der Waals surface area contributed by atoms with Gasteiger partial charge in [0.1, 0.15) is 0 Å². The third-order valence-corrected chi connectivity index (χ3v) is 4.76. The minimum Gasteiger partial charge on any atom is -0.383 e. The normalized spacial score (nSPS) is 11.4. The lowest BCUT2D eigenvalue weighted by atomic mass is 9.97. The zero-order valence-corrected chi connectivity index (χ0v) is 18.6. The Morgan fingerprint density at radius 3 is 1.07 bits per heavy atom. The molecule has 0 aliphatic carbocycles. The van der Waals surface area contributed by atoms with Gasteiger partial charge in [-0.05, 0) is 29.6 Å². The first-order chi connectivity index (χ1) is 13.5. The first-order valence-electron chi connectivity index (χ1n) is 9.95. The minimum absolute atomic E-state index is 0.711. The van der Waals surface area contributed by atoms with Crippen molar-refractivity contribution >= 4 is 0 Å². The molecule has 0 saturated carbocycles. The third-order valence-electron chi connectivity index (χ3n) is 4.76. The topological polar surface area (TPSA) is 43.4 Å². The molecule has 0 aliphatic rings. The summed E-state index contributed by atoms with van der Waals surface area (Å²) in [4.78, 5) is 4.65. The fourth-order valence-electron chi connectivity index (χ4n) is 2.69. The zero-order valence-electron chi connectivity index (χ0n) is 18.6. The van der Waals surface area contributed by atoms with Crippen molar-refractivity contribution in [1.82, 2.24) is 9.80 Å². The first kappa shape index (κ1) is 27.0. The van der Waals surface area contributed by atoms with Crippen LogP contribution in [0.3, 0.4) is 0 Å². The Morgan fingerprint density at radius 1 is 0.536 bits per heavy atom. The Balaban J connectivity index is 4.41. The molecule has 0 fully saturated rings. The molecule has 0 rings (SSSR count). The smallest absolute Gasteiger partial charge is 0.0589 e. The number of allylic oxidation sites excluding steroid dienone is 1. The Morgan fingerprint density at radius 2 is 0.821 bits per heavy atom. The van der Waals surface area contributed by atoms with E-state index in [-0.39, 0.29) is 0 Å². The van der Waals surface area contributed by atoms with Gasteiger partial charge in [0.15, 0.2) is 0 Å². The highest BCUT2D eigenvalue weighted by Crippen LogP contribution is 2.21. The first-order valence-corrected chi connectivity index (χ1v) is 9.95. The number of nitrogens with zero attached hydrogens (tertiary/aromatic N) is 2. The van der Waals surface area contributed by atoms with E-state index in [1.807, 2.05) is 0 Å². The van der Waals surface area contributed by atoms with Gasteiger partial charge in [-0.3, -0.25) is 9.80 Å². The summed E-state index contributed by atoms with van der Waals surface area (Å²) < 4.78 is 20.8. The maximum Gasteiger partial charge on any atom is 0.0589 e. The Hall–Kier alpha value is -1.02. The highest BCUT2D eigenvalue weighted by Gasteiger charge is 2.11. The van der Waals surface area contributed by atoms with Crippen LogP contribution in [0.2, 0.25) is 0 Å². The molecule has 0 aromatic rings. The number of hydrogen-bond donors (Lipinski definition) is 0. The molecule has 0 N–H and O–H groups in total. The van der Waals surface area contributed by atoms with Gasteiger partial charge in [0, 0.05) is 67.7 Å². The summed E-state index contributed by atoms with van der Waals surface area (Å²) in [6.45, 7) is 20.9. The van der Waals surface area contributed by atoms with Crippen LogP contribution in [0, 0.1) is 0 Å². The summed E-state index contributed by atoms with van der Waals surface area (Å²) in [6.07, 6.45) is 1.73. The van der Waals surface area contributed by atoms with E-state index in [2.05, 4.69) is 29.5 Å². The molecule has 28 heavy (non-hydrogen) atoms. The van der Waals surface area contributed by atoms with E-state index in [9.17, 15) is 0 Å². The van der Waals surface area contributed by atoms with Crippen LogP contribution in [0.4, 0.5) is 0 Å². The van der Waals surface area contributed by atoms with Crippen LogP contribution in [0.1, 0.15) is 12.8 Å². The van der Waals surface area contributed by atoms with Crippen molar-refractivity contribution in [1.29, 1.82) is 0 Å². The molecule has 0 aromatic heterocycles. The summed E-state index contributed by atoms with van der Waals surface area (Å²) in [5, 5.41) is 0. The minimum atomic E-state index is 0.711. The lowest BCUT2D eigenvalue weighted by molar-refractivity contribution is 0.114. The van der Waals surface area contributed by atoms with Crippen LogP contribution in [0.15, 0.2) is 36.5 Å². The van der Waals surface area contributed by atoms with Crippen LogP contribution in [0.25, 0.3) is 0 Å². The lowest BCUT2D eigenvalue weighted by Gasteiger charge is -2.24. The van der Waals surface area contributed by atoms with Crippen molar-refractivity contribution in [3.8, 4) is 0 Å². The van der Waals surface area contributed by atoms with E-state index in [0.29, 0.717) is 26.4 Å². The van der Waals surface area contributed by atoms with Gasteiger partial charge in [0.05, 0.1) is 26.4 Å². The monoisotopic (exact) mass is 398 g/mol. The molecular weight excluding hydrogens is 356 g/mol. The van der Waals surface area contributed by atoms with Gasteiger partial charge in [-0.15, -0.1) is 0 Å². The SMILES string of the molecule is C=C(CCN(CCOC)CCOC)C(=C)C(=C)CCN(CCOC)CCOC. The van der Waals surface area contributed by atoms with E-state index < -0.39 is 0 Å². The number of hydrogen-bond acceptors (Lipinski definition) is 6. The van der Waals surface area contributed by atoms with Crippen LogP contribution in [0.5, 0.6) is 0 Å². The van der Waals surface area contributed by atoms with E-state index in [1.54, 1.807) is 28.4 Å². The highest BCUT2D eigenvalue weighted by molar-refractivity contribution is 5.41. The van der Waals surface area contributed by atoms with Crippen molar-refractivity contribution in [3.05, 3.63) is 36.5 Å². The van der Waals surface area contributed by atoms with Crippen LogP contribution in [-0.4, -0.2) is 104 Å². The Labute approximate surface area is 172 Å². The van der Waals surface area contributed by atoms with Gasteiger partial charge in [-0.1, -0.05) is 19.7 Å². The van der Waals surface area contributed by atoms with Crippen LogP contribution >= 0.6 is 0 Å². The van der Waals surface area contributed by atoms with Crippen LogP contribution in [-0.2, 0) is 18.9 Å². The van der Waals surface area contributed by atoms with Crippen molar-refractivity contribution in [2.45, 2.75) is 12.8 Å². The third kappa shape index (κ3) is 13.2. The molecule has 0 saturated heterocycles. The fraction of sp³-hybridized carbons (Fsp3) is 0.727. The molecular formula is C22H42N2O4. The molecule has 0 unspecified atom stereocenters. The summed E-state index contributed by atoms with van der Waals surface area (Å²) in [6, 6.07) is 0. The Bertz CT molecular complexity index is 386. The molecule has 6 nitrogen and oxygen atoms in total. The van der Waals surface area contributed by atoms with Gasteiger partial charge in [0.25, 0.3) is 0 Å². The quantitative estimate of drug-likeness (QED) is 0.294. The molecule has 6 heteroatoms. The van der Waals surface area contributed by atoms with Crippen molar-refractivity contribution in [2.75, 3.05) is 94.1 Å². The van der Waals surface area contributed by atoms with E-state index in [4.69, 9.17) is 18.9 Å². The number of methoxy groups -OCH3 is 4. The largest absolute Gasteiger partial charge is 0.383 e. The van der Waals surface area contributed by atoms with Gasteiger partial charge < -0.3 is 18.9 Å². The molecule has 0 heterocycles. The maximum atomic E-state index is 5.20. The van der Waals surface area contributed by atoms with Gasteiger partial charge >= 0.3 is 0 Å². The average Bonchev–Trinajstić information content (AvgIpc) is 2.71. The molecule has 0 spiro atoms. The van der Waals surface area contributed by atoms with Crippen molar-refractivity contribution in [2.24, 2.45) is 0 Å². The zero-order chi connectivity index (χ0) is 21.2. The molecule has 0 radical (unpaired) electrons. The predicted octanol–water partition coefficient (Wildman–Crippen LogP) is 2.62. The highest BCUT2D eigenvalue weighted by atomic mass is 16.5. The maximum absolute atomic E-state index is 5.20. The number of rotatable bonds is 20. The Kier molecular flexibility index (Phi) is 17.4. The van der Waals surface area contributed by atoms with Gasteiger partial charge in [-0.2, -0.15) is 0 Å². The summed E-state index contributed by atoms with van der Waals surface area (Å²) in [7, 11) is 6.90. The van der Waals surface area contributed by atoms with E-state index in [1.165, 1.54) is 0 Å². The molecule has 0 bridgehead atoms. The molecule has 164 valence electrons. The van der Waals surface area contributed by atoms with Crippen molar-refractivity contribution < 1.29 is 18.9 Å². The average molecular weight is 399 g/mol. The standard InChI is InChI=1S/C22H42N2O4/c1-20(8-10-23(12-16-25-4)13-17-26-5)22(3)21(2)9-11-24(14-18-27-6)15-19-28-7/h1-3,8-19H2,4-7H3. The summed E-state index contributed by atoms with van der Waals surface area (Å²) >= 11 is 0. The molecule has 0 atom stereocenters. The van der Waals surface area contributed by atoms with E-state index in [0.717, 1.165) is 68.8 Å². The fourth-order valence-corrected chi connectivity index (χ4v) is 2.69. The second kappa shape index (κ2) is 18.0. The summed E-state index contributed by atoms with van der Waals surface area (Å²) in [5.74, 6) is 0. The number of ether oxygens (including phenoxy) is 4. The van der Waals surface area contributed by atoms with Gasteiger partial charge in [0.2, 0.25) is 0 Å². The lowest BCUT2D eigenvalue weighted by Crippen LogP contribution is -2.32. The van der Waals surface area contributed by atoms with E-state index >= 15 is 0 Å². The molecule has 0 aliphatic heterocycles. The molecule has 0 amide bonds. The molecule has 0 aromatic carbocycles. The van der Waals surface area contributed by atoms with Crippen molar-refractivity contribution in [3.63, 3.8) is 0 Å². The second-order valence-corrected chi connectivity index (χ2v) is 6.84. The second-order valence-electron chi connectivity index (χ2n) is 6.84. The van der Waals surface area contributed by atoms with Gasteiger partial charge in [-0.25, -0.2) is 0 Å². The predicted molar refractivity (Wildman–Crippen MR) is 117 cm³/mol. The summed E-state index contributed by atoms with van der Waals surface area (Å²) in [5.41, 5.74) is 3.06. The van der Waals surface area contributed by atoms with Crippen LogP contribution < -0.4 is 0 Å².